The van der Waals surface area contributed by atoms with E-state index in [4.69, 9.17) is 10.5 Å². The van der Waals surface area contributed by atoms with Crippen molar-refractivity contribution in [2.75, 3.05) is 13.2 Å². The van der Waals surface area contributed by atoms with Crippen LogP contribution in [0, 0.1) is 0 Å². The van der Waals surface area contributed by atoms with E-state index in [1.165, 1.54) is 0 Å². The Balaban J connectivity index is 2.96. The first kappa shape index (κ1) is 13.0. The van der Waals surface area contributed by atoms with E-state index < -0.39 is 5.67 Å². The molecule has 2 nitrogen and oxygen atoms in total. The van der Waals surface area contributed by atoms with Gasteiger partial charge < -0.3 is 10.5 Å². The lowest BCUT2D eigenvalue weighted by Gasteiger charge is -2.24. The Morgan fingerprint density at radius 1 is 1.38 bits per heavy atom. The lowest BCUT2D eigenvalue weighted by Crippen LogP contribution is -2.30. The molecule has 1 rings (SSSR count). The Morgan fingerprint density at radius 3 is 2.69 bits per heavy atom. The first-order chi connectivity index (χ1) is 7.66. The highest BCUT2D eigenvalue weighted by molar-refractivity contribution is 5.32. The minimum Gasteiger partial charge on any atom is -0.494 e. The van der Waals surface area contributed by atoms with E-state index in [0.717, 1.165) is 6.42 Å². The standard InChI is InChI=1S/C13H20FNO/c1-3-8-13(14,10-15)11-6-5-7-12(9-11)16-4-2/h5-7,9H,3-4,8,10,15H2,1-2H3. The minimum absolute atomic E-state index is 0.0103. The maximum Gasteiger partial charge on any atom is 0.148 e. The van der Waals surface area contributed by atoms with Crippen molar-refractivity contribution >= 4 is 0 Å². The van der Waals surface area contributed by atoms with Crippen molar-refractivity contribution in [1.29, 1.82) is 0 Å². The van der Waals surface area contributed by atoms with Crippen LogP contribution in [0.2, 0.25) is 0 Å². The van der Waals surface area contributed by atoms with Crippen molar-refractivity contribution in [3.63, 3.8) is 0 Å². The van der Waals surface area contributed by atoms with E-state index in [1.54, 1.807) is 18.2 Å². The maximum absolute atomic E-state index is 14.5. The summed E-state index contributed by atoms with van der Waals surface area (Å²) in [5.41, 5.74) is 4.72. The summed E-state index contributed by atoms with van der Waals surface area (Å²) in [6, 6.07) is 7.15. The van der Waals surface area contributed by atoms with Crippen LogP contribution in [-0.4, -0.2) is 13.2 Å². The van der Waals surface area contributed by atoms with Gasteiger partial charge in [0.05, 0.1) is 6.61 Å². The van der Waals surface area contributed by atoms with Crippen molar-refractivity contribution in [2.45, 2.75) is 32.4 Å². The molecule has 90 valence electrons. The van der Waals surface area contributed by atoms with Crippen LogP contribution < -0.4 is 10.5 Å². The molecule has 3 heteroatoms. The fourth-order valence-electron chi connectivity index (χ4n) is 1.79. The van der Waals surface area contributed by atoms with Crippen LogP contribution in [0.15, 0.2) is 24.3 Å². The van der Waals surface area contributed by atoms with Crippen molar-refractivity contribution < 1.29 is 9.13 Å². The lowest BCUT2D eigenvalue weighted by molar-refractivity contribution is 0.159. The Bertz CT molecular complexity index is 329. The van der Waals surface area contributed by atoms with Crippen LogP contribution >= 0.6 is 0 Å². The van der Waals surface area contributed by atoms with Crippen LogP contribution in [0.5, 0.6) is 5.75 Å². The fraction of sp³-hybridized carbons (Fsp3) is 0.538. The molecule has 0 fully saturated rings. The average molecular weight is 225 g/mol. The summed E-state index contributed by atoms with van der Waals surface area (Å²) in [7, 11) is 0. The van der Waals surface area contributed by atoms with E-state index in [9.17, 15) is 4.39 Å². The summed E-state index contributed by atoms with van der Waals surface area (Å²) in [6.45, 7) is 4.45. The van der Waals surface area contributed by atoms with Crippen molar-refractivity contribution in [3.8, 4) is 5.75 Å². The molecule has 0 heterocycles. The highest BCUT2D eigenvalue weighted by atomic mass is 19.1. The Kier molecular flexibility index (Phi) is 4.74. The number of alkyl halides is 1. The lowest BCUT2D eigenvalue weighted by atomic mass is 9.91. The highest BCUT2D eigenvalue weighted by Crippen LogP contribution is 2.32. The van der Waals surface area contributed by atoms with Crippen LogP contribution in [-0.2, 0) is 5.67 Å². The summed E-state index contributed by atoms with van der Waals surface area (Å²) >= 11 is 0. The van der Waals surface area contributed by atoms with Gasteiger partial charge in [-0.25, -0.2) is 4.39 Å². The molecule has 0 radical (unpaired) electrons. The van der Waals surface area contributed by atoms with Crippen molar-refractivity contribution in [2.24, 2.45) is 5.73 Å². The molecule has 0 aromatic heterocycles. The maximum atomic E-state index is 14.5. The highest BCUT2D eigenvalue weighted by Gasteiger charge is 2.29. The largest absolute Gasteiger partial charge is 0.494 e. The van der Waals surface area contributed by atoms with Gasteiger partial charge in [0.15, 0.2) is 0 Å². The summed E-state index contributed by atoms with van der Waals surface area (Å²) < 4.78 is 19.9. The van der Waals surface area contributed by atoms with E-state index in [2.05, 4.69) is 0 Å². The quantitative estimate of drug-likeness (QED) is 0.807. The third-order valence-corrected chi connectivity index (χ3v) is 2.63. The van der Waals surface area contributed by atoms with Gasteiger partial charge in [0.25, 0.3) is 0 Å². The Labute approximate surface area is 96.6 Å². The molecule has 0 amide bonds. The Morgan fingerprint density at radius 2 is 2.12 bits per heavy atom. The average Bonchev–Trinajstić information content (AvgIpc) is 2.30. The molecule has 0 saturated carbocycles. The van der Waals surface area contributed by atoms with Gasteiger partial charge in [-0.3, -0.25) is 0 Å². The summed E-state index contributed by atoms with van der Waals surface area (Å²) in [5, 5.41) is 0. The number of ether oxygens (including phenoxy) is 1. The number of hydrogen-bond acceptors (Lipinski definition) is 2. The molecule has 0 aliphatic carbocycles. The van der Waals surface area contributed by atoms with Gasteiger partial charge in [0.1, 0.15) is 11.4 Å². The van der Waals surface area contributed by atoms with Crippen LogP contribution in [0.3, 0.4) is 0 Å². The topological polar surface area (TPSA) is 35.2 Å². The minimum atomic E-state index is -1.43. The third-order valence-electron chi connectivity index (χ3n) is 2.63. The van der Waals surface area contributed by atoms with Gasteiger partial charge >= 0.3 is 0 Å². The van der Waals surface area contributed by atoms with Crippen molar-refractivity contribution in [3.05, 3.63) is 29.8 Å². The second-order valence-electron chi connectivity index (χ2n) is 3.88. The first-order valence-corrected chi connectivity index (χ1v) is 5.78. The van der Waals surface area contributed by atoms with Gasteiger partial charge in [0, 0.05) is 6.54 Å². The molecule has 1 aromatic rings. The number of benzene rings is 1. The summed E-state index contributed by atoms with van der Waals surface area (Å²) in [6.07, 6.45) is 1.21. The van der Waals surface area contributed by atoms with Gasteiger partial charge in [-0.2, -0.15) is 0 Å². The number of nitrogens with two attached hydrogens (primary N) is 1. The van der Waals surface area contributed by atoms with Crippen LogP contribution in [0.1, 0.15) is 32.3 Å². The predicted molar refractivity (Wildman–Crippen MR) is 64.4 cm³/mol. The van der Waals surface area contributed by atoms with E-state index >= 15 is 0 Å². The molecule has 1 atom stereocenters. The van der Waals surface area contributed by atoms with E-state index in [0.29, 0.717) is 24.3 Å². The van der Waals surface area contributed by atoms with Crippen LogP contribution in [0.25, 0.3) is 0 Å². The number of halogens is 1. The normalized spacial score (nSPS) is 14.5. The summed E-state index contributed by atoms with van der Waals surface area (Å²) in [5.74, 6) is 0.701. The second kappa shape index (κ2) is 5.85. The number of rotatable bonds is 6. The molecule has 0 aliphatic rings. The van der Waals surface area contributed by atoms with Crippen LogP contribution in [0.4, 0.5) is 4.39 Å². The zero-order valence-corrected chi connectivity index (χ0v) is 10.0. The zero-order chi connectivity index (χ0) is 12.0. The Hall–Kier alpha value is -1.09. The van der Waals surface area contributed by atoms with Gasteiger partial charge in [0.2, 0.25) is 0 Å². The van der Waals surface area contributed by atoms with Gasteiger partial charge in [-0.1, -0.05) is 25.5 Å². The molecule has 16 heavy (non-hydrogen) atoms. The molecular weight excluding hydrogens is 205 g/mol. The van der Waals surface area contributed by atoms with E-state index in [-0.39, 0.29) is 6.54 Å². The third kappa shape index (κ3) is 2.95. The smallest absolute Gasteiger partial charge is 0.148 e. The van der Waals surface area contributed by atoms with Gasteiger partial charge in [-0.05, 0) is 31.0 Å². The fourth-order valence-corrected chi connectivity index (χ4v) is 1.79. The molecule has 0 spiro atoms. The molecule has 1 aromatic carbocycles. The van der Waals surface area contributed by atoms with E-state index in [1.807, 2.05) is 19.9 Å². The molecule has 0 saturated heterocycles. The molecule has 0 bridgehead atoms. The molecule has 2 N–H and O–H groups in total. The molecule has 0 aliphatic heterocycles. The molecular formula is C13H20FNO. The first-order valence-electron chi connectivity index (χ1n) is 5.78. The summed E-state index contributed by atoms with van der Waals surface area (Å²) in [4.78, 5) is 0. The van der Waals surface area contributed by atoms with Crippen molar-refractivity contribution in [1.82, 2.24) is 0 Å². The predicted octanol–water partition coefficient (Wildman–Crippen LogP) is 3.01. The number of hydrogen-bond donors (Lipinski definition) is 1. The molecule has 1 unspecified atom stereocenters. The SMILES string of the molecule is CCCC(F)(CN)c1cccc(OCC)c1. The zero-order valence-electron chi connectivity index (χ0n) is 10.0. The second-order valence-corrected chi connectivity index (χ2v) is 3.88. The van der Waals surface area contributed by atoms with Gasteiger partial charge in [-0.15, -0.1) is 0 Å². The monoisotopic (exact) mass is 225 g/mol.